The maximum Gasteiger partial charge on any atom is 0.149 e. The average molecular weight is 168 g/mol. The molecular weight excluding hydrogens is 152 g/mol. The molecule has 0 radical (unpaired) electrons. The third-order valence-corrected chi connectivity index (χ3v) is 1.87. The van der Waals surface area contributed by atoms with Crippen molar-refractivity contribution in [3.8, 4) is 0 Å². The lowest BCUT2D eigenvalue weighted by atomic mass is 10.2. The van der Waals surface area contributed by atoms with E-state index < -0.39 is 0 Å². The molecule has 4 heteroatoms. The molecule has 4 nitrogen and oxygen atoms in total. The predicted octanol–water partition coefficient (Wildman–Crippen LogP) is 0.958. The summed E-state index contributed by atoms with van der Waals surface area (Å²) in [5, 5.41) is 8.09. The van der Waals surface area contributed by atoms with Gasteiger partial charge in [0.25, 0.3) is 0 Å². The fraction of sp³-hybridized carbons (Fsp3) is 0.750. The van der Waals surface area contributed by atoms with Crippen molar-refractivity contribution in [3.63, 3.8) is 0 Å². The van der Waals surface area contributed by atoms with Gasteiger partial charge in [0.1, 0.15) is 11.6 Å². The van der Waals surface area contributed by atoms with Crippen LogP contribution in [-0.4, -0.2) is 14.8 Å². The minimum atomic E-state index is -0.0463. The normalized spacial score (nSPS) is 13.8. The molecule has 0 amide bonds. The van der Waals surface area contributed by atoms with E-state index in [-0.39, 0.29) is 6.04 Å². The summed E-state index contributed by atoms with van der Waals surface area (Å²) in [5.41, 5.74) is 5.70. The Morgan fingerprint density at radius 3 is 1.92 bits per heavy atom. The van der Waals surface area contributed by atoms with E-state index in [0.717, 1.165) is 11.6 Å². The molecule has 0 bridgehead atoms. The Morgan fingerprint density at radius 1 is 1.17 bits per heavy atom. The van der Waals surface area contributed by atoms with Gasteiger partial charge in [-0.2, -0.15) is 0 Å². The quantitative estimate of drug-likeness (QED) is 0.715. The van der Waals surface area contributed by atoms with Gasteiger partial charge in [-0.05, 0) is 6.92 Å². The fourth-order valence-corrected chi connectivity index (χ4v) is 1.25. The smallest absolute Gasteiger partial charge is 0.149 e. The van der Waals surface area contributed by atoms with Crippen molar-refractivity contribution < 1.29 is 0 Å². The molecule has 1 unspecified atom stereocenters. The van der Waals surface area contributed by atoms with Crippen LogP contribution in [0.25, 0.3) is 0 Å². The van der Waals surface area contributed by atoms with Crippen LogP contribution in [0.3, 0.4) is 0 Å². The van der Waals surface area contributed by atoms with Crippen LogP contribution in [0.2, 0.25) is 0 Å². The lowest BCUT2D eigenvalue weighted by Crippen LogP contribution is -2.12. The highest BCUT2D eigenvalue weighted by Gasteiger charge is 2.13. The molecule has 12 heavy (non-hydrogen) atoms. The molecule has 0 aliphatic carbocycles. The number of hydrogen-bond acceptors (Lipinski definition) is 3. The van der Waals surface area contributed by atoms with Crippen LogP contribution >= 0.6 is 0 Å². The Morgan fingerprint density at radius 2 is 1.67 bits per heavy atom. The van der Waals surface area contributed by atoms with Gasteiger partial charge in [-0.15, -0.1) is 10.2 Å². The van der Waals surface area contributed by atoms with Gasteiger partial charge in [-0.3, -0.25) is 0 Å². The Bertz CT molecular complexity index is 237. The van der Waals surface area contributed by atoms with Crippen molar-refractivity contribution in [2.45, 2.75) is 32.7 Å². The zero-order chi connectivity index (χ0) is 9.30. The van der Waals surface area contributed by atoms with Gasteiger partial charge in [0.15, 0.2) is 0 Å². The fourth-order valence-electron chi connectivity index (χ4n) is 1.25. The average Bonchev–Trinajstić information content (AvgIpc) is 2.30. The zero-order valence-electron chi connectivity index (χ0n) is 8.07. The third kappa shape index (κ3) is 1.48. The van der Waals surface area contributed by atoms with E-state index in [0.29, 0.717) is 5.92 Å². The van der Waals surface area contributed by atoms with Crippen molar-refractivity contribution in [2.75, 3.05) is 0 Å². The zero-order valence-corrected chi connectivity index (χ0v) is 8.07. The summed E-state index contributed by atoms with van der Waals surface area (Å²) in [6.07, 6.45) is 0. The first-order valence-electron chi connectivity index (χ1n) is 4.18. The minimum absolute atomic E-state index is 0.0463. The summed E-state index contributed by atoms with van der Waals surface area (Å²) in [6.45, 7) is 6.10. The maximum absolute atomic E-state index is 5.70. The van der Waals surface area contributed by atoms with Crippen LogP contribution < -0.4 is 5.73 Å². The van der Waals surface area contributed by atoms with Gasteiger partial charge < -0.3 is 10.3 Å². The molecule has 1 atom stereocenters. The Balaban J connectivity index is 3.04. The number of hydrogen-bond donors (Lipinski definition) is 1. The predicted molar refractivity (Wildman–Crippen MR) is 47.7 cm³/mol. The lowest BCUT2D eigenvalue weighted by molar-refractivity contribution is 0.648. The van der Waals surface area contributed by atoms with Crippen molar-refractivity contribution in [1.82, 2.24) is 14.8 Å². The van der Waals surface area contributed by atoms with E-state index in [1.807, 2.05) is 18.5 Å². The molecule has 1 heterocycles. The maximum atomic E-state index is 5.70. The first kappa shape index (κ1) is 9.19. The molecule has 68 valence electrons. The van der Waals surface area contributed by atoms with E-state index >= 15 is 0 Å². The van der Waals surface area contributed by atoms with Crippen LogP contribution in [0.4, 0.5) is 0 Å². The second-order valence-corrected chi connectivity index (χ2v) is 3.42. The van der Waals surface area contributed by atoms with Gasteiger partial charge in [0, 0.05) is 13.0 Å². The lowest BCUT2D eigenvalue weighted by Gasteiger charge is -2.07. The van der Waals surface area contributed by atoms with Crippen LogP contribution in [0.15, 0.2) is 0 Å². The molecule has 1 aromatic heterocycles. The van der Waals surface area contributed by atoms with Crippen LogP contribution in [0.1, 0.15) is 44.4 Å². The molecule has 2 N–H and O–H groups in total. The highest BCUT2D eigenvalue weighted by atomic mass is 15.3. The number of nitrogens with two attached hydrogens (primary N) is 1. The van der Waals surface area contributed by atoms with E-state index in [1.165, 1.54) is 0 Å². The molecule has 1 aromatic rings. The van der Waals surface area contributed by atoms with Crippen molar-refractivity contribution in [2.24, 2.45) is 12.8 Å². The largest absolute Gasteiger partial charge is 0.322 e. The van der Waals surface area contributed by atoms with Crippen LogP contribution in [0, 0.1) is 0 Å². The SMILES string of the molecule is CC(C)c1nnc(C(C)N)n1C. The first-order valence-corrected chi connectivity index (χ1v) is 4.18. The molecule has 0 aromatic carbocycles. The summed E-state index contributed by atoms with van der Waals surface area (Å²) in [6, 6.07) is -0.0463. The summed E-state index contributed by atoms with van der Waals surface area (Å²) in [7, 11) is 1.95. The molecule has 0 saturated heterocycles. The Labute approximate surface area is 72.8 Å². The van der Waals surface area contributed by atoms with Crippen molar-refractivity contribution in [3.05, 3.63) is 11.6 Å². The highest BCUT2D eigenvalue weighted by molar-refractivity contribution is 5.01. The monoisotopic (exact) mass is 168 g/mol. The summed E-state index contributed by atoms with van der Waals surface area (Å²) in [4.78, 5) is 0. The molecular formula is C8H16N4. The second kappa shape index (κ2) is 3.23. The Hall–Kier alpha value is -0.900. The molecule has 0 aliphatic heterocycles. The van der Waals surface area contributed by atoms with Gasteiger partial charge in [-0.25, -0.2) is 0 Å². The molecule has 1 rings (SSSR count). The second-order valence-electron chi connectivity index (χ2n) is 3.42. The van der Waals surface area contributed by atoms with Crippen molar-refractivity contribution in [1.29, 1.82) is 0 Å². The third-order valence-electron chi connectivity index (χ3n) is 1.87. The van der Waals surface area contributed by atoms with Gasteiger partial charge in [-0.1, -0.05) is 13.8 Å². The van der Waals surface area contributed by atoms with Gasteiger partial charge in [0.05, 0.1) is 6.04 Å². The van der Waals surface area contributed by atoms with E-state index in [4.69, 9.17) is 5.73 Å². The number of rotatable bonds is 2. The summed E-state index contributed by atoms with van der Waals surface area (Å²) >= 11 is 0. The standard InChI is InChI=1S/C8H16N4/c1-5(2)7-10-11-8(6(3)9)12(7)4/h5-6H,9H2,1-4H3. The number of nitrogens with zero attached hydrogens (tertiary/aromatic N) is 3. The van der Waals surface area contributed by atoms with Crippen LogP contribution in [-0.2, 0) is 7.05 Å². The van der Waals surface area contributed by atoms with Crippen molar-refractivity contribution >= 4 is 0 Å². The molecule has 0 saturated carbocycles. The van der Waals surface area contributed by atoms with Gasteiger partial charge in [0.2, 0.25) is 0 Å². The molecule has 0 spiro atoms. The first-order chi connectivity index (χ1) is 5.54. The van der Waals surface area contributed by atoms with Crippen LogP contribution in [0.5, 0.6) is 0 Å². The van der Waals surface area contributed by atoms with E-state index in [9.17, 15) is 0 Å². The van der Waals surface area contributed by atoms with E-state index in [1.54, 1.807) is 0 Å². The topological polar surface area (TPSA) is 56.7 Å². The Kier molecular flexibility index (Phi) is 2.47. The minimum Gasteiger partial charge on any atom is -0.322 e. The molecule has 0 aliphatic rings. The summed E-state index contributed by atoms with van der Waals surface area (Å²) in [5.74, 6) is 2.23. The van der Waals surface area contributed by atoms with E-state index in [2.05, 4.69) is 24.0 Å². The number of aromatic nitrogens is 3. The summed E-state index contributed by atoms with van der Waals surface area (Å²) < 4.78 is 1.97. The highest BCUT2D eigenvalue weighted by Crippen LogP contribution is 2.14. The van der Waals surface area contributed by atoms with Gasteiger partial charge >= 0.3 is 0 Å². The molecule has 0 fully saturated rings.